The molecule has 5 heteroatoms. The van der Waals surface area contributed by atoms with Crippen LogP contribution in [-0.2, 0) is 16.2 Å². The highest BCUT2D eigenvalue weighted by Crippen LogP contribution is 2.44. The van der Waals surface area contributed by atoms with Crippen molar-refractivity contribution in [2.24, 2.45) is 0 Å². The molecular weight excluding hydrogens is 865 g/mol. The summed E-state index contributed by atoms with van der Waals surface area (Å²) in [6.45, 7) is 16.8. The molecule has 10 aromatic rings. The number of pyridine rings is 1. The van der Waals surface area contributed by atoms with E-state index in [2.05, 4.69) is 281 Å². The minimum absolute atomic E-state index is 0.0498. The maximum atomic E-state index is 6.90. The Morgan fingerprint density at radius 3 is 1.73 bits per heavy atom. The third-order valence-corrected chi connectivity index (χ3v) is 14.6. The summed E-state index contributed by atoms with van der Waals surface area (Å²) in [4.78, 5) is 9.92. The highest BCUT2D eigenvalue weighted by atomic mass is 16.5. The smallest absolute Gasteiger partial charge is 0.137 e. The minimum atomic E-state index is -0.309. The standard InChI is InChI=1S/C66H60N4O/c1-64(2,3)53-37-49(47-23-14-9-15-24-47)38-55(40-53)69-45-68(44-62(69)66(6,7)51-27-18-11-19-28-51)54-29-20-30-56(42-54)71-57-32-33-58-59-39-48(46-21-12-8-13-22-46)31-34-60(59)70(61(58)43-57)63-41-52(35-36-67-63)65(4,5)50-25-16-10-17-26-50/h8-44H,45H2,1-7H3. The SMILES string of the molecule is CC(C)(C)c1cc(-c2ccccc2)cc(N2CN(c3cccc(Oc4ccc5c6cc(-c7ccccc7)ccc6n(-c6cc(C(C)(C)c7ccccc7)ccn6)c5c4)c3)C=C2C(C)(C)c2ccccc2)c1. The second-order valence-electron chi connectivity index (χ2n) is 21.0. The van der Waals surface area contributed by atoms with E-state index in [0.29, 0.717) is 6.67 Å². The molecule has 3 heterocycles. The summed E-state index contributed by atoms with van der Waals surface area (Å²) >= 11 is 0. The Morgan fingerprint density at radius 1 is 0.423 bits per heavy atom. The van der Waals surface area contributed by atoms with Crippen molar-refractivity contribution < 1.29 is 4.74 Å². The van der Waals surface area contributed by atoms with Gasteiger partial charge in [0.1, 0.15) is 17.3 Å². The molecule has 0 saturated carbocycles. The van der Waals surface area contributed by atoms with Gasteiger partial charge in [0, 0.05) is 63.2 Å². The van der Waals surface area contributed by atoms with Gasteiger partial charge in [-0.25, -0.2) is 4.98 Å². The van der Waals surface area contributed by atoms with E-state index in [0.717, 1.165) is 44.8 Å². The Bertz CT molecular complexity index is 3570. The lowest BCUT2D eigenvalue weighted by atomic mass is 9.78. The third-order valence-electron chi connectivity index (χ3n) is 14.6. The molecule has 5 nitrogen and oxygen atoms in total. The van der Waals surface area contributed by atoms with Crippen LogP contribution in [0.2, 0.25) is 0 Å². The Balaban J connectivity index is 0.983. The van der Waals surface area contributed by atoms with Crippen LogP contribution in [0.3, 0.4) is 0 Å². The van der Waals surface area contributed by atoms with Crippen molar-refractivity contribution >= 4 is 33.2 Å². The van der Waals surface area contributed by atoms with Gasteiger partial charge in [0.05, 0.1) is 17.7 Å². The molecule has 1 aliphatic rings. The molecule has 350 valence electrons. The van der Waals surface area contributed by atoms with Gasteiger partial charge in [0.2, 0.25) is 0 Å². The maximum Gasteiger partial charge on any atom is 0.137 e. The topological polar surface area (TPSA) is 33.5 Å². The molecule has 71 heavy (non-hydrogen) atoms. The van der Waals surface area contributed by atoms with Crippen LogP contribution in [0.1, 0.15) is 70.7 Å². The monoisotopic (exact) mass is 924 g/mol. The molecule has 0 N–H and O–H groups in total. The average molecular weight is 925 g/mol. The fourth-order valence-electron chi connectivity index (χ4n) is 10.3. The Morgan fingerprint density at radius 2 is 1.06 bits per heavy atom. The van der Waals surface area contributed by atoms with Gasteiger partial charge in [0.25, 0.3) is 0 Å². The third kappa shape index (κ3) is 8.67. The van der Waals surface area contributed by atoms with Crippen LogP contribution in [0.25, 0.3) is 49.9 Å². The van der Waals surface area contributed by atoms with Crippen molar-refractivity contribution in [1.82, 2.24) is 9.55 Å². The van der Waals surface area contributed by atoms with E-state index >= 15 is 0 Å². The summed E-state index contributed by atoms with van der Waals surface area (Å²) in [5.41, 5.74) is 14.7. The molecule has 11 rings (SSSR count). The van der Waals surface area contributed by atoms with Gasteiger partial charge < -0.3 is 14.5 Å². The van der Waals surface area contributed by atoms with Crippen LogP contribution in [0.5, 0.6) is 11.5 Å². The molecule has 0 radical (unpaired) electrons. The van der Waals surface area contributed by atoms with Gasteiger partial charge in [-0.1, -0.05) is 188 Å². The summed E-state index contributed by atoms with van der Waals surface area (Å²) in [7, 11) is 0. The summed E-state index contributed by atoms with van der Waals surface area (Å²) in [6, 6.07) is 76.2. The summed E-state index contributed by atoms with van der Waals surface area (Å²) in [6.07, 6.45) is 4.29. The van der Waals surface area contributed by atoms with Crippen LogP contribution >= 0.6 is 0 Å². The van der Waals surface area contributed by atoms with E-state index in [4.69, 9.17) is 9.72 Å². The number of allylic oxidation sites excluding steroid dienone is 1. The number of hydrogen-bond acceptors (Lipinski definition) is 4. The number of rotatable bonds is 11. The number of ether oxygens (including phenoxy) is 1. The van der Waals surface area contributed by atoms with E-state index in [-0.39, 0.29) is 16.2 Å². The number of nitrogens with zero attached hydrogens (tertiary/aromatic N) is 4. The van der Waals surface area contributed by atoms with Gasteiger partial charge in [-0.15, -0.1) is 0 Å². The van der Waals surface area contributed by atoms with Crippen molar-refractivity contribution in [1.29, 1.82) is 0 Å². The van der Waals surface area contributed by atoms with Crippen LogP contribution in [0.4, 0.5) is 11.4 Å². The van der Waals surface area contributed by atoms with Gasteiger partial charge >= 0.3 is 0 Å². The van der Waals surface area contributed by atoms with Gasteiger partial charge in [0.15, 0.2) is 0 Å². The molecule has 0 unspecified atom stereocenters. The first-order valence-electron chi connectivity index (χ1n) is 24.8. The molecule has 0 fully saturated rings. The highest BCUT2D eigenvalue weighted by molar-refractivity contribution is 6.10. The zero-order valence-corrected chi connectivity index (χ0v) is 41.8. The number of benzene rings is 8. The van der Waals surface area contributed by atoms with Crippen molar-refractivity contribution in [2.75, 3.05) is 16.5 Å². The lowest BCUT2D eigenvalue weighted by Crippen LogP contribution is -2.34. The molecular formula is C66H60N4O. The first kappa shape index (κ1) is 45.3. The molecule has 0 bridgehead atoms. The fraction of sp³-hybridized carbons (Fsp3) is 0.167. The predicted octanol–water partition coefficient (Wildman–Crippen LogP) is 17.0. The Kier molecular flexibility index (Phi) is 11.5. The fourth-order valence-corrected chi connectivity index (χ4v) is 10.3. The van der Waals surface area contributed by atoms with Crippen molar-refractivity contribution in [3.8, 4) is 39.6 Å². The molecule has 2 aromatic heterocycles. The van der Waals surface area contributed by atoms with E-state index in [1.807, 2.05) is 6.20 Å². The van der Waals surface area contributed by atoms with Crippen molar-refractivity contribution in [2.45, 2.75) is 64.7 Å². The number of anilines is 2. The molecule has 0 saturated heterocycles. The molecule has 0 spiro atoms. The normalized spacial score (nSPS) is 13.3. The average Bonchev–Trinajstić information content (AvgIpc) is 4.00. The first-order chi connectivity index (χ1) is 34.3. The molecule has 1 aliphatic heterocycles. The highest BCUT2D eigenvalue weighted by Gasteiger charge is 2.36. The van der Waals surface area contributed by atoms with Crippen LogP contribution < -0.4 is 14.5 Å². The van der Waals surface area contributed by atoms with Gasteiger partial charge in [-0.3, -0.25) is 4.57 Å². The van der Waals surface area contributed by atoms with Crippen LogP contribution in [0, 0.1) is 0 Å². The van der Waals surface area contributed by atoms with E-state index < -0.39 is 0 Å². The zero-order chi connectivity index (χ0) is 48.9. The largest absolute Gasteiger partial charge is 0.457 e. The first-order valence-corrected chi connectivity index (χ1v) is 24.8. The second-order valence-corrected chi connectivity index (χ2v) is 21.0. The van der Waals surface area contributed by atoms with E-state index in [1.54, 1.807) is 0 Å². The number of hydrogen-bond donors (Lipinski definition) is 0. The van der Waals surface area contributed by atoms with E-state index in [1.165, 1.54) is 55.9 Å². The lowest BCUT2D eigenvalue weighted by molar-refractivity contribution is 0.483. The maximum absolute atomic E-state index is 6.90. The van der Waals surface area contributed by atoms with Crippen molar-refractivity contribution in [3.05, 3.63) is 253 Å². The summed E-state index contributed by atoms with van der Waals surface area (Å²) in [5.74, 6) is 2.37. The Labute approximate surface area is 419 Å². The minimum Gasteiger partial charge on any atom is -0.457 e. The molecule has 0 atom stereocenters. The van der Waals surface area contributed by atoms with Crippen LogP contribution in [0.15, 0.2) is 230 Å². The molecule has 0 amide bonds. The summed E-state index contributed by atoms with van der Waals surface area (Å²) in [5, 5.41) is 2.29. The number of aromatic nitrogens is 2. The second kappa shape index (κ2) is 18.0. The van der Waals surface area contributed by atoms with E-state index in [9.17, 15) is 0 Å². The quantitative estimate of drug-likeness (QED) is 0.129. The van der Waals surface area contributed by atoms with Gasteiger partial charge in [-0.2, -0.15) is 0 Å². The lowest BCUT2D eigenvalue weighted by Gasteiger charge is -2.35. The van der Waals surface area contributed by atoms with Crippen LogP contribution in [-0.4, -0.2) is 16.2 Å². The summed E-state index contributed by atoms with van der Waals surface area (Å²) < 4.78 is 9.20. The predicted molar refractivity (Wildman–Crippen MR) is 297 cm³/mol. The zero-order valence-electron chi connectivity index (χ0n) is 41.8. The van der Waals surface area contributed by atoms with Crippen molar-refractivity contribution in [3.63, 3.8) is 0 Å². The number of fused-ring (bicyclic) bond motifs is 3. The Hall–Kier alpha value is -8.15. The molecule has 0 aliphatic carbocycles. The van der Waals surface area contributed by atoms with Gasteiger partial charge in [-0.05, 0) is 111 Å². The molecule has 8 aromatic carbocycles.